The standard InChI is InChI=1S/C14H10BrFO/c15-9-14(17)12-3-1-10(2-4-12)11-5-7-13(16)8-6-11/h1-8H,9H2. The summed E-state index contributed by atoms with van der Waals surface area (Å²) in [5.41, 5.74) is 2.58. The first-order chi connectivity index (χ1) is 8.20. The van der Waals surface area contributed by atoms with Crippen LogP contribution in [-0.2, 0) is 0 Å². The molecule has 0 saturated heterocycles. The van der Waals surface area contributed by atoms with E-state index in [0.29, 0.717) is 10.9 Å². The molecule has 17 heavy (non-hydrogen) atoms. The number of alkyl halides is 1. The fourth-order valence-electron chi connectivity index (χ4n) is 1.57. The van der Waals surface area contributed by atoms with Gasteiger partial charge in [0.15, 0.2) is 5.78 Å². The summed E-state index contributed by atoms with van der Waals surface area (Å²) in [4.78, 5) is 11.4. The van der Waals surface area contributed by atoms with Crippen molar-refractivity contribution in [2.24, 2.45) is 0 Å². The quantitative estimate of drug-likeness (QED) is 0.616. The summed E-state index contributed by atoms with van der Waals surface area (Å²) >= 11 is 3.13. The normalized spacial score (nSPS) is 10.2. The lowest BCUT2D eigenvalue weighted by Crippen LogP contribution is -1.98. The van der Waals surface area contributed by atoms with Gasteiger partial charge in [0.25, 0.3) is 0 Å². The maximum atomic E-state index is 12.8. The van der Waals surface area contributed by atoms with Crippen LogP contribution in [0.15, 0.2) is 48.5 Å². The zero-order valence-corrected chi connectivity index (χ0v) is 10.6. The van der Waals surface area contributed by atoms with Gasteiger partial charge in [-0.05, 0) is 23.3 Å². The molecule has 0 radical (unpaired) electrons. The van der Waals surface area contributed by atoms with Crippen molar-refractivity contribution >= 4 is 21.7 Å². The Morgan fingerprint density at radius 1 is 0.941 bits per heavy atom. The van der Waals surface area contributed by atoms with Gasteiger partial charge in [0.05, 0.1) is 5.33 Å². The molecule has 0 fully saturated rings. The minimum absolute atomic E-state index is 0.0515. The number of carbonyl (C=O) groups is 1. The van der Waals surface area contributed by atoms with Gasteiger partial charge in [-0.2, -0.15) is 0 Å². The fourth-order valence-corrected chi connectivity index (χ4v) is 1.89. The van der Waals surface area contributed by atoms with Crippen molar-refractivity contribution in [3.63, 3.8) is 0 Å². The Morgan fingerprint density at radius 2 is 1.41 bits per heavy atom. The van der Waals surface area contributed by atoms with Crippen LogP contribution in [0.3, 0.4) is 0 Å². The number of carbonyl (C=O) groups excluding carboxylic acids is 1. The third-order valence-electron chi connectivity index (χ3n) is 2.51. The Kier molecular flexibility index (Phi) is 3.69. The lowest BCUT2D eigenvalue weighted by atomic mass is 10.0. The highest BCUT2D eigenvalue weighted by Crippen LogP contribution is 2.20. The Labute approximate surface area is 107 Å². The second-order valence-electron chi connectivity index (χ2n) is 3.64. The van der Waals surface area contributed by atoms with Crippen molar-refractivity contribution < 1.29 is 9.18 Å². The minimum atomic E-state index is -0.250. The van der Waals surface area contributed by atoms with Crippen molar-refractivity contribution in [2.45, 2.75) is 0 Å². The van der Waals surface area contributed by atoms with Gasteiger partial charge in [-0.15, -0.1) is 0 Å². The summed E-state index contributed by atoms with van der Waals surface area (Å²) < 4.78 is 12.8. The molecule has 0 N–H and O–H groups in total. The van der Waals surface area contributed by atoms with E-state index < -0.39 is 0 Å². The van der Waals surface area contributed by atoms with Crippen LogP contribution in [-0.4, -0.2) is 11.1 Å². The van der Waals surface area contributed by atoms with Gasteiger partial charge in [-0.1, -0.05) is 52.3 Å². The van der Waals surface area contributed by atoms with Gasteiger partial charge in [-0.25, -0.2) is 4.39 Å². The summed E-state index contributed by atoms with van der Waals surface area (Å²) in [5, 5.41) is 0.322. The fraction of sp³-hybridized carbons (Fsp3) is 0.0714. The topological polar surface area (TPSA) is 17.1 Å². The highest BCUT2D eigenvalue weighted by Gasteiger charge is 2.04. The molecule has 0 aliphatic heterocycles. The molecule has 0 bridgehead atoms. The monoisotopic (exact) mass is 292 g/mol. The summed E-state index contributed by atoms with van der Waals surface area (Å²) in [6.45, 7) is 0. The number of hydrogen-bond donors (Lipinski definition) is 0. The zero-order valence-electron chi connectivity index (χ0n) is 8.99. The third-order valence-corrected chi connectivity index (χ3v) is 3.02. The highest BCUT2D eigenvalue weighted by atomic mass is 79.9. The molecule has 3 heteroatoms. The van der Waals surface area contributed by atoms with Crippen molar-refractivity contribution in [1.29, 1.82) is 0 Å². The van der Waals surface area contributed by atoms with Crippen LogP contribution < -0.4 is 0 Å². The van der Waals surface area contributed by atoms with E-state index in [1.54, 1.807) is 24.3 Å². The molecule has 0 unspecified atom stereocenters. The van der Waals surface area contributed by atoms with E-state index >= 15 is 0 Å². The number of halogens is 2. The average Bonchev–Trinajstić information content (AvgIpc) is 2.39. The van der Waals surface area contributed by atoms with Crippen molar-refractivity contribution in [2.75, 3.05) is 5.33 Å². The van der Waals surface area contributed by atoms with Crippen LogP contribution in [0.4, 0.5) is 4.39 Å². The Morgan fingerprint density at radius 3 is 1.88 bits per heavy atom. The molecule has 0 heterocycles. The predicted octanol–water partition coefficient (Wildman–Crippen LogP) is 4.07. The maximum Gasteiger partial charge on any atom is 0.173 e. The molecule has 0 aliphatic carbocycles. The van der Waals surface area contributed by atoms with Crippen LogP contribution in [0, 0.1) is 5.82 Å². The molecule has 0 spiro atoms. The molecule has 0 atom stereocenters. The van der Waals surface area contributed by atoms with Crippen molar-refractivity contribution in [3.05, 3.63) is 59.9 Å². The number of rotatable bonds is 3. The van der Waals surface area contributed by atoms with Crippen LogP contribution in [0.25, 0.3) is 11.1 Å². The second kappa shape index (κ2) is 5.23. The van der Waals surface area contributed by atoms with Crippen LogP contribution in [0.2, 0.25) is 0 Å². The molecular formula is C14H10BrFO. The van der Waals surface area contributed by atoms with Crippen molar-refractivity contribution in [1.82, 2.24) is 0 Å². The first-order valence-corrected chi connectivity index (χ1v) is 6.28. The van der Waals surface area contributed by atoms with E-state index in [9.17, 15) is 9.18 Å². The molecule has 0 saturated carbocycles. The van der Waals surface area contributed by atoms with E-state index in [4.69, 9.17) is 0 Å². The summed E-state index contributed by atoms with van der Waals surface area (Å²) in [6, 6.07) is 13.6. The molecule has 2 aromatic carbocycles. The number of Topliss-reactive ketones (excluding diaryl/α,β-unsaturated/α-hetero) is 1. The third kappa shape index (κ3) is 2.80. The van der Waals surface area contributed by atoms with E-state index in [1.807, 2.05) is 12.1 Å². The van der Waals surface area contributed by atoms with Crippen LogP contribution in [0.1, 0.15) is 10.4 Å². The van der Waals surface area contributed by atoms with E-state index in [2.05, 4.69) is 15.9 Å². The number of ketones is 1. The first kappa shape index (κ1) is 12.0. The van der Waals surface area contributed by atoms with Gasteiger partial charge >= 0.3 is 0 Å². The maximum absolute atomic E-state index is 12.8. The smallest absolute Gasteiger partial charge is 0.173 e. The molecule has 2 aromatic rings. The SMILES string of the molecule is O=C(CBr)c1ccc(-c2ccc(F)cc2)cc1. The number of benzene rings is 2. The Bertz CT molecular complexity index is 517. The van der Waals surface area contributed by atoms with E-state index in [-0.39, 0.29) is 11.6 Å². The largest absolute Gasteiger partial charge is 0.293 e. The Hall–Kier alpha value is -1.48. The van der Waals surface area contributed by atoms with Gasteiger partial charge in [-0.3, -0.25) is 4.79 Å². The summed E-state index contributed by atoms with van der Waals surface area (Å²) in [6.07, 6.45) is 0. The second-order valence-corrected chi connectivity index (χ2v) is 4.20. The lowest BCUT2D eigenvalue weighted by Gasteiger charge is -2.03. The van der Waals surface area contributed by atoms with Gasteiger partial charge in [0.1, 0.15) is 5.82 Å². The molecule has 1 nitrogen and oxygen atoms in total. The van der Waals surface area contributed by atoms with Gasteiger partial charge < -0.3 is 0 Å². The minimum Gasteiger partial charge on any atom is -0.293 e. The lowest BCUT2D eigenvalue weighted by molar-refractivity contribution is 0.102. The van der Waals surface area contributed by atoms with Gasteiger partial charge in [0.2, 0.25) is 0 Å². The molecule has 0 aromatic heterocycles. The van der Waals surface area contributed by atoms with E-state index in [0.717, 1.165) is 11.1 Å². The Balaban J connectivity index is 2.29. The zero-order chi connectivity index (χ0) is 12.3. The molecule has 0 aliphatic rings. The molecule has 86 valence electrons. The van der Waals surface area contributed by atoms with Crippen molar-refractivity contribution in [3.8, 4) is 11.1 Å². The summed E-state index contributed by atoms with van der Waals surface area (Å²) in [5.74, 6) is -0.199. The predicted molar refractivity (Wildman–Crippen MR) is 70.0 cm³/mol. The molecule has 2 rings (SSSR count). The molecule has 0 amide bonds. The number of hydrogen-bond acceptors (Lipinski definition) is 1. The molecular weight excluding hydrogens is 283 g/mol. The van der Waals surface area contributed by atoms with Crippen LogP contribution in [0.5, 0.6) is 0 Å². The highest BCUT2D eigenvalue weighted by molar-refractivity contribution is 9.09. The van der Waals surface area contributed by atoms with Crippen LogP contribution >= 0.6 is 15.9 Å². The van der Waals surface area contributed by atoms with Gasteiger partial charge in [0, 0.05) is 5.56 Å². The summed E-state index contributed by atoms with van der Waals surface area (Å²) in [7, 11) is 0. The first-order valence-electron chi connectivity index (χ1n) is 5.16. The van der Waals surface area contributed by atoms with E-state index in [1.165, 1.54) is 12.1 Å². The average molecular weight is 293 g/mol.